The zero-order valence-electron chi connectivity index (χ0n) is 14.7. The van der Waals surface area contributed by atoms with Gasteiger partial charge < -0.3 is 10.5 Å². The van der Waals surface area contributed by atoms with Crippen LogP contribution in [-0.2, 0) is 16.1 Å². The highest BCUT2D eigenvalue weighted by Gasteiger charge is 2.32. The third-order valence-electron chi connectivity index (χ3n) is 4.75. The number of benzene rings is 2. The highest BCUT2D eigenvalue weighted by atomic mass is 19.1. The SMILES string of the molecule is COc1ccc(F)c2c1CCC[C@@H]2C(=O)NO[C@@H](CN)c1ccccc1. The van der Waals surface area contributed by atoms with Crippen LogP contribution in [0.4, 0.5) is 4.39 Å². The number of methoxy groups -OCH3 is 1. The minimum absolute atomic E-state index is 0.216. The van der Waals surface area contributed by atoms with Crippen molar-refractivity contribution in [3.05, 3.63) is 65.0 Å². The van der Waals surface area contributed by atoms with Gasteiger partial charge >= 0.3 is 0 Å². The van der Waals surface area contributed by atoms with Gasteiger partial charge in [-0.3, -0.25) is 9.63 Å². The van der Waals surface area contributed by atoms with Crippen molar-refractivity contribution < 1.29 is 18.8 Å². The van der Waals surface area contributed by atoms with Crippen LogP contribution in [0, 0.1) is 5.82 Å². The first kappa shape index (κ1) is 18.4. The lowest BCUT2D eigenvalue weighted by Gasteiger charge is -2.27. The Labute approximate surface area is 152 Å². The van der Waals surface area contributed by atoms with Gasteiger partial charge in [-0.2, -0.15) is 0 Å². The number of carbonyl (C=O) groups excluding carboxylic acids is 1. The van der Waals surface area contributed by atoms with E-state index >= 15 is 0 Å². The Morgan fingerprint density at radius 2 is 2.08 bits per heavy atom. The number of ether oxygens (including phenoxy) is 1. The number of hydrogen-bond donors (Lipinski definition) is 2. The number of fused-ring (bicyclic) bond motifs is 1. The van der Waals surface area contributed by atoms with Crippen LogP contribution in [0.15, 0.2) is 42.5 Å². The van der Waals surface area contributed by atoms with E-state index in [1.807, 2.05) is 30.3 Å². The molecule has 2 aromatic rings. The fourth-order valence-corrected chi connectivity index (χ4v) is 3.45. The molecule has 3 rings (SSSR count). The summed E-state index contributed by atoms with van der Waals surface area (Å²) < 4.78 is 19.8. The van der Waals surface area contributed by atoms with Crippen molar-refractivity contribution in [2.24, 2.45) is 5.73 Å². The summed E-state index contributed by atoms with van der Waals surface area (Å²) in [6.07, 6.45) is 1.57. The highest BCUT2D eigenvalue weighted by molar-refractivity contribution is 5.84. The number of carbonyl (C=O) groups is 1. The van der Waals surface area contributed by atoms with Gasteiger partial charge in [0.05, 0.1) is 13.0 Å². The molecule has 26 heavy (non-hydrogen) atoms. The van der Waals surface area contributed by atoms with Crippen molar-refractivity contribution in [2.75, 3.05) is 13.7 Å². The van der Waals surface area contributed by atoms with Crippen molar-refractivity contribution in [3.63, 3.8) is 0 Å². The average Bonchev–Trinajstić information content (AvgIpc) is 2.69. The van der Waals surface area contributed by atoms with Crippen LogP contribution < -0.4 is 16.0 Å². The summed E-state index contributed by atoms with van der Waals surface area (Å²) in [5, 5.41) is 0. The number of nitrogens with one attached hydrogen (secondary N) is 1. The molecule has 0 saturated carbocycles. The monoisotopic (exact) mass is 358 g/mol. The molecule has 0 spiro atoms. The number of hydroxylamine groups is 1. The molecule has 1 aliphatic carbocycles. The van der Waals surface area contributed by atoms with Crippen molar-refractivity contribution >= 4 is 5.91 Å². The smallest absolute Gasteiger partial charge is 0.251 e. The first-order valence-corrected chi connectivity index (χ1v) is 8.71. The number of halogens is 1. The maximum atomic E-state index is 14.4. The number of amides is 1. The molecule has 2 aromatic carbocycles. The van der Waals surface area contributed by atoms with Crippen LogP contribution in [0.2, 0.25) is 0 Å². The van der Waals surface area contributed by atoms with Crippen LogP contribution >= 0.6 is 0 Å². The van der Waals surface area contributed by atoms with Gasteiger partial charge in [0.15, 0.2) is 0 Å². The largest absolute Gasteiger partial charge is 0.496 e. The van der Waals surface area contributed by atoms with Crippen molar-refractivity contribution in [3.8, 4) is 5.75 Å². The predicted molar refractivity (Wildman–Crippen MR) is 96.1 cm³/mol. The minimum atomic E-state index is -0.608. The van der Waals surface area contributed by atoms with Crippen molar-refractivity contribution in [1.82, 2.24) is 5.48 Å². The molecule has 2 atom stereocenters. The van der Waals surface area contributed by atoms with Gasteiger partial charge in [0, 0.05) is 17.7 Å². The Morgan fingerprint density at radius 1 is 1.31 bits per heavy atom. The topological polar surface area (TPSA) is 73.6 Å². The predicted octanol–water partition coefficient (Wildman–Crippen LogP) is 3.00. The summed E-state index contributed by atoms with van der Waals surface area (Å²) in [6, 6.07) is 12.4. The second kappa shape index (κ2) is 8.29. The van der Waals surface area contributed by atoms with Gasteiger partial charge in [0.1, 0.15) is 17.7 Å². The lowest BCUT2D eigenvalue weighted by molar-refractivity contribution is -0.140. The second-order valence-corrected chi connectivity index (χ2v) is 6.31. The number of nitrogens with two attached hydrogens (primary N) is 1. The van der Waals surface area contributed by atoms with Crippen LogP contribution in [0.3, 0.4) is 0 Å². The molecular formula is C20H23FN2O3. The van der Waals surface area contributed by atoms with E-state index in [0.29, 0.717) is 24.2 Å². The van der Waals surface area contributed by atoms with E-state index in [-0.39, 0.29) is 18.3 Å². The van der Waals surface area contributed by atoms with E-state index in [1.165, 1.54) is 6.07 Å². The third kappa shape index (κ3) is 3.71. The summed E-state index contributed by atoms with van der Waals surface area (Å²) in [4.78, 5) is 18.2. The normalized spacial score (nSPS) is 17.3. The van der Waals surface area contributed by atoms with Crippen molar-refractivity contribution in [2.45, 2.75) is 31.3 Å². The molecule has 5 nitrogen and oxygen atoms in total. The summed E-state index contributed by atoms with van der Waals surface area (Å²) >= 11 is 0. The summed E-state index contributed by atoms with van der Waals surface area (Å²) in [7, 11) is 1.55. The van der Waals surface area contributed by atoms with Crippen LogP contribution in [0.5, 0.6) is 5.75 Å². The van der Waals surface area contributed by atoms with Crippen LogP contribution in [0.25, 0.3) is 0 Å². The first-order valence-electron chi connectivity index (χ1n) is 8.71. The van der Waals surface area contributed by atoms with Gasteiger partial charge in [0.2, 0.25) is 0 Å². The molecule has 1 amide bonds. The van der Waals surface area contributed by atoms with Gasteiger partial charge in [-0.25, -0.2) is 9.87 Å². The highest BCUT2D eigenvalue weighted by Crippen LogP contribution is 2.38. The van der Waals surface area contributed by atoms with Gasteiger partial charge in [-0.1, -0.05) is 30.3 Å². The Bertz CT molecular complexity index is 767. The number of rotatable bonds is 6. The van der Waals surface area contributed by atoms with E-state index in [4.69, 9.17) is 15.3 Å². The van der Waals surface area contributed by atoms with E-state index < -0.39 is 12.0 Å². The van der Waals surface area contributed by atoms with E-state index in [2.05, 4.69) is 5.48 Å². The molecule has 6 heteroatoms. The molecule has 1 aliphatic rings. The van der Waals surface area contributed by atoms with E-state index in [0.717, 1.165) is 17.5 Å². The Hall–Kier alpha value is -2.44. The first-order chi connectivity index (χ1) is 12.7. The zero-order chi connectivity index (χ0) is 18.5. The van der Waals surface area contributed by atoms with Crippen molar-refractivity contribution in [1.29, 1.82) is 0 Å². The summed E-state index contributed by atoms with van der Waals surface area (Å²) in [6.45, 7) is 0.216. The lowest BCUT2D eigenvalue weighted by atomic mass is 9.81. The standard InChI is InChI=1S/C20H23FN2O3/c1-25-17-11-10-16(21)19-14(17)8-5-9-15(19)20(24)23-26-18(12-22)13-6-3-2-4-7-13/h2-4,6-7,10-11,15,18H,5,8-9,12,22H2,1H3,(H,23,24)/t15-,18-/m0/s1. The minimum Gasteiger partial charge on any atom is -0.496 e. The maximum absolute atomic E-state index is 14.4. The molecule has 0 aliphatic heterocycles. The fourth-order valence-electron chi connectivity index (χ4n) is 3.45. The molecule has 0 bridgehead atoms. The molecule has 3 N–H and O–H groups in total. The molecule has 0 radical (unpaired) electrons. The van der Waals surface area contributed by atoms with Gasteiger partial charge in [-0.05, 0) is 37.0 Å². The summed E-state index contributed by atoms with van der Waals surface area (Å²) in [5.41, 5.74) is 10.3. The Balaban J connectivity index is 1.76. The number of hydrogen-bond acceptors (Lipinski definition) is 4. The quantitative estimate of drug-likeness (QED) is 0.779. The second-order valence-electron chi connectivity index (χ2n) is 6.31. The Morgan fingerprint density at radius 3 is 2.77 bits per heavy atom. The van der Waals surface area contributed by atoms with Crippen LogP contribution in [-0.4, -0.2) is 19.6 Å². The molecule has 0 fully saturated rings. The molecule has 0 saturated heterocycles. The van der Waals surface area contributed by atoms with Gasteiger partial charge in [0.25, 0.3) is 5.91 Å². The Kier molecular flexibility index (Phi) is 5.85. The molecule has 0 aromatic heterocycles. The maximum Gasteiger partial charge on any atom is 0.251 e. The molecule has 0 unspecified atom stereocenters. The average molecular weight is 358 g/mol. The van der Waals surface area contributed by atoms with Crippen LogP contribution in [0.1, 0.15) is 41.6 Å². The van der Waals surface area contributed by atoms with Gasteiger partial charge in [-0.15, -0.1) is 0 Å². The van der Waals surface area contributed by atoms with E-state index in [9.17, 15) is 9.18 Å². The fraction of sp³-hybridized carbons (Fsp3) is 0.350. The lowest BCUT2D eigenvalue weighted by Crippen LogP contribution is -2.34. The zero-order valence-corrected chi connectivity index (χ0v) is 14.7. The van der Waals surface area contributed by atoms with E-state index in [1.54, 1.807) is 13.2 Å². The molecule has 0 heterocycles. The molecular weight excluding hydrogens is 335 g/mol. The molecule has 138 valence electrons. The third-order valence-corrected chi connectivity index (χ3v) is 4.75. The summed E-state index contributed by atoms with van der Waals surface area (Å²) in [5.74, 6) is -0.751.